The Morgan fingerprint density at radius 2 is 2.17 bits per heavy atom. The molecule has 0 heterocycles. The fourth-order valence-corrected chi connectivity index (χ4v) is 0.966. The second kappa shape index (κ2) is 7.94. The summed E-state index contributed by atoms with van der Waals surface area (Å²) < 4.78 is 0. The molecule has 0 unspecified atom stereocenters. The first-order valence-electron chi connectivity index (χ1n) is 3.65. The maximum atomic E-state index is 3.56. The molecule has 0 aliphatic heterocycles. The van der Waals surface area contributed by atoms with Gasteiger partial charge < -0.3 is 6.08 Å². The van der Waals surface area contributed by atoms with Crippen LogP contribution in [0.15, 0.2) is 30.8 Å². The quantitative estimate of drug-likeness (QED) is 0.444. The molecule has 0 aliphatic rings. The number of hydrogen-bond donors (Lipinski definition) is 0. The first-order chi connectivity index (χ1) is 5.83. The van der Waals surface area contributed by atoms with Crippen LogP contribution in [0.1, 0.15) is 11.1 Å². The molecule has 0 amide bonds. The number of allylic oxidation sites excluding steroid dienone is 1. The number of hydrogen-bond acceptors (Lipinski definition) is 0. The van der Waals surface area contributed by atoms with Gasteiger partial charge in [-0.25, -0.2) is 0 Å². The Balaban J connectivity index is 0.000000561. The van der Waals surface area contributed by atoms with Gasteiger partial charge in [-0.2, -0.15) is 6.42 Å². The number of rotatable bonds is 2. The summed E-state index contributed by atoms with van der Waals surface area (Å²) in [6, 6.07) is 8.39. The summed E-state index contributed by atoms with van der Waals surface area (Å²) in [5.41, 5.74) is 2.59. The summed E-state index contributed by atoms with van der Waals surface area (Å²) in [6.45, 7) is 5.65. The fourth-order valence-electron chi connectivity index (χ4n) is 0.966. The van der Waals surface area contributed by atoms with Crippen LogP contribution in [0.25, 0.3) is 0 Å². The maximum absolute atomic E-state index is 3.56. The molecule has 0 nitrogen and oxygen atoms in total. The summed E-state index contributed by atoms with van der Waals surface area (Å²) in [5, 5.41) is 0. The van der Waals surface area contributed by atoms with Gasteiger partial charge in [-0.05, 0) is 6.92 Å². The van der Waals surface area contributed by atoms with E-state index < -0.39 is 0 Å². The molecule has 1 aromatic rings. The van der Waals surface area contributed by atoms with E-state index in [2.05, 4.69) is 63.6 Å². The van der Waals surface area contributed by atoms with Crippen LogP contribution in [0, 0.1) is 13.0 Å². The Labute approximate surface area is 95.3 Å². The molecule has 0 atom stereocenters. The van der Waals surface area contributed by atoms with Gasteiger partial charge in [-0.15, -0.1) is 0 Å². The minimum atomic E-state index is 0.849. The van der Waals surface area contributed by atoms with Gasteiger partial charge in [0.1, 0.15) is 0 Å². The van der Waals surface area contributed by atoms with Crippen LogP contribution < -0.4 is 0 Å². The predicted molar refractivity (Wildman–Crippen MR) is 57.8 cm³/mol. The summed E-state index contributed by atoms with van der Waals surface area (Å²) in [7, 11) is 0. The summed E-state index contributed by atoms with van der Waals surface area (Å²) in [5.74, 6) is 0. The van der Waals surface area contributed by atoms with Crippen molar-refractivity contribution in [2.45, 2.75) is 13.3 Å². The molecule has 0 saturated carbocycles. The second-order valence-electron chi connectivity index (χ2n) is 2.42. The van der Waals surface area contributed by atoms with Crippen molar-refractivity contribution in [2.75, 3.05) is 0 Å². The van der Waals surface area contributed by atoms with Gasteiger partial charge in [0.25, 0.3) is 0 Å². The molecule has 0 fully saturated rings. The third-order valence-electron chi connectivity index (χ3n) is 1.41. The SMILES string of the molecule is C=[C-]Cc1cccc(C)c1.[Zn+][I]. The van der Waals surface area contributed by atoms with E-state index in [1.54, 1.807) is 0 Å². The first kappa shape index (κ1) is 12.3. The molecule has 60 valence electrons. The molecule has 0 N–H and O–H groups in total. The van der Waals surface area contributed by atoms with Crippen LogP contribution in [0.2, 0.25) is 0 Å². The molecule has 2 heteroatoms. The monoisotopic (exact) mass is 322 g/mol. The molecule has 0 saturated heterocycles. The van der Waals surface area contributed by atoms with Gasteiger partial charge in [-0.1, -0.05) is 35.4 Å². The first-order valence-corrected chi connectivity index (χ1v) is 12.7. The van der Waals surface area contributed by atoms with E-state index in [0.717, 1.165) is 6.42 Å². The molecular weight excluding hydrogens is 312 g/mol. The summed E-state index contributed by atoms with van der Waals surface area (Å²) in [6.07, 6.45) is 3.71. The standard InChI is InChI=1S/C10H11.HI.Zn/c1-3-5-10-7-4-6-9(2)8-10;;/h4,6-8H,1,5H2,2H3;1H;/q-1;;+2/p-1. The van der Waals surface area contributed by atoms with E-state index in [4.69, 9.17) is 0 Å². The zero-order valence-corrected chi connectivity index (χ0v) is 12.4. The van der Waals surface area contributed by atoms with Crippen molar-refractivity contribution >= 4 is 19.8 Å². The van der Waals surface area contributed by atoms with Crippen LogP contribution in [0.4, 0.5) is 0 Å². The Kier molecular flexibility index (Phi) is 8.14. The third kappa shape index (κ3) is 5.05. The van der Waals surface area contributed by atoms with Gasteiger partial charge in [-0.3, -0.25) is 6.58 Å². The summed E-state index contributed by atoms with van der Waals surface area (Å²) >= 11 is 3.62. The van der Waals surface area contributed by atoms with Crippen molar-refractivity contribution < 1.29 is 14.8 Å². The van der Waals surface area contributed by atoms with E-state index in [-0.39, 0.29) is 0 Å². The molecule has 12 heavy (non-hydrogen) atoms. The average Bonchev–Trinajstić information content (AvgIpc) is 2.09. The Bertz CT molecular complexity index is 233. The van der Waals surface area contributed by atoms with Crippen molar-refractivity contribution in [3.63, 3.8) is 0 Å². The Hall–Kier alpha value is 0.313. The molecule has 0 aliphatic carbocycles. The molecule has 1 rings (SSSR count). The van der Waals surface area contributed by atoms with Crippen molar-refractivity contribution in [1.82, 2.24) is 0 Å². The van der Waals surface area contributed by atoms with Crippen molar-refractivity contribution in [3.05, 3.63) is 48.0 Å². The van der Waals surface area contributed by atoms with Gasteiger partial charge in [0.05, 0.1) is 0 Å². The second-order valence-corrected chi connectivity index (χ2v) is 2.42. The van der Waals surface area contributed by atoms with E-state index >= 15 is 0 Å². The van der Waals surface area contributed by atoms with Gasteiger partial charge in [0.15, 0.2) is 0 Å². The summed E-state index contributed by atoms with van der Waals surface area (Å²) in [4.78, 5) is 0. The predicted octanol–water partition coefficient (Wildman–Crippen LogP) is 3.41. The fraction of sp³-hybridized carbons (Fsp3) is 0.200. The van der Waals surface area contributed by atoms with E-state index in [1.807, 2.05) is 0 Å². The van der Waals surface area contributed by atoms with E-state index in [9.17, 15) is 0 Å². The van der Waals surface area contributed by atoms with Gasteiger partial charge >= 0.3 is 34.5 Å². The van der Waals surface area contributed by atoms with Crippen LogP contribution in [0.5, 0.6) is 0 Å². The number of benzene rings is 1. The van der Waals surface area contributed by atoms with Crippen LogP contribution in [-0.2, 0) is 21.2 Å². The molecule has 0 aromatic heterocycles. The van der Waals surface area contributed by atoms with Crippen LogP contribution in [0.3, 0.4) is 0 Å². The topological polar surface area (TPSA) is 0 Å². The van der Waals surface area contributed by atoms with E-state index in [0.29, 0.717) is 0 Å². The molecule has 0 spiro atoms. The molecular formula is C10H11IZn. The Morgan fingerprint density at radius 3 is 2.67 bits per heavy atom. The normalized spacial score (nSPS) is 8.33. The van der Waals surface area contributed by atoms with Crippen LogP contribution in [-0.4, -0.2) is 0 Å². The van der Waals surface area contributed by atoms with Crippen molar-refractivity contribution in [3.8, 4) is 0 Å². The third-order valence-corrected chi connectivity index (χ3v) is 1.41. The van der Waals surface area contributed by atoms with Crippen LogP contribution >= 0.6 is 19.8 Å². The molecule has 0 radical (unpaired) electrons. The van der Waals surface area contributed by atoms with Crippen molar-refractivity contribution in [1.29, 1.82) is 0 Å². The van der Waals surface area contributed by atoms with Crippen molar-refractivity contribution in [2.24, 2.45) is 0 Å². The Morgan fingerprint density at radius 1 is 1.50 bits per heavy atom. The minimum absolute atomic E-state index is 0.849. The average molecular weight is 323 g/mol. The molecule has 0 bridgehead atoms. The van der Waals surface area contributed by atoms with Gasteiger partial charge in [0.2, 0.25) is 0 Å². The number of halogens is 1. The molecule has 1 aromatic carbocycles. The zero-order valence-electron chi connectivity index (χ0n) is 7.31. The van der Waals surface area contributed by atoms with E-state index in [1.165, 1.54) is 25.9 Å². The number of aryl methyl sites for hydroxylation is 1. The zero-order chi connectivity index (χ0) is 9.40. The van der Waals surface area contributed by atoms with Gasteiger partial charge in [0, 0.05) is 0 Å².